The summed E-state index contributed by atoms with van der Waals surface area (Å²) in [4.78, 5) is 17.2. The summed E-state index contributed by atoms with van der Waals surface area (Å²) in [7, 11) is 0. The molecule has 3 aromatic heterocycles. The zero-order valence-electron chi connectivity index (χ0n) is 16.4. The van der Waals surface area contributed by atoms with Crippen LogP contribution in [0.3, 0.4) is 0 Å². The predicted molar refractivity (Wildman–Crippen MR) is 123 cm³/mol. The average molecular weight is 417 g/mol. The van der Waals surface area contributed by atoms with Crippen LogP contribution in [0.4, 0.5) is 0 Å². The van der Waals surface area contributed by atoms with E-state index < -0.39 is 0 Å². The van der Waals surface area contributed by atoms with E-state index in [4.69, 9.17) is 0 Å². The van der Waals surface area contributed by atoms with Crippen molar-refractivity contribution in [3.8, 4) is 19.5 Å². The number of hydrogen-bond donors (Lipinski definition) is 0. The minimum atomic E-state index is 0.614. The maximum absolute atomic E-state index is 11.1. The molecule has 4 heteroatoms. The number of carbonyl (C=O) groups is 1. The molecule has 0 fully saturated rings. The topological polar surface area (TPSA) is 17.1 Å². The Hall–Kier alpha value is -1.23. The number of aryl methyl sites for hydroxylation is 1. The molecule has 1 atom stereocenters. The second-order valence-corrected chi connectivity index (χ2v) is 10.3. The molecule has 1 nitrogen and oxygen atoms in total. The number of carbonyl (C=O) groups excluding carboxylic acids is 1. The first-order valence-corrected chi connectivity index (χ1v) is 12.4. The van der Waals surface area contributed by atoms with Gasteiger partial charge in [-0.1, -0.05) is 46.0 Å². The van der Waals surface area contributed by atoms with Crippen LogP contribution in [0.1, 0.15) is 79.1 Å². The molecule has 0 bridgehead atoms. The Labute approximate surface area is 175 Å². The van der Waals surface area contributed by atoms with Gasteiger partial charge >= 0.3 is 0 Å². The maximum atomic E-state index is 11.1. The minimum Gasteiger partial charge on any atom is -0.297 e. The molecule has 3 heterocycles. The van der Waals surface area contributed by atoms with Crippen molar-refractivity contribution in [1.29, 1.82) is 0 Å². The summed E-state index contributed by atoms with van der Waals surface area (Å²) in [6.45, 7) is 6.74. The number of hydrogen-bond acceptors (Lipinski definition) is 4. The molecule has 144 valence electrons. The van der Waals surface area contributed by atoms with Crippen LogP contribution in [-0.2, 0) is 0 Å². The summed E-state index contributed by atoms with van der Waals surface area (Å²) in [5.74, 6) is 0.614. The molecule has 0 aliphatic carbocycles. The van der Waals surface area contributed by atoms with Gasteiger partial charge in [0, 0.05) is 19.5 Å². The van der Waals surface area contributed by atoms with Crippen molar-refractivity contribution in [3.05, 3.63) is 45.6 Å². The van der Waals surface area contributed by atoms with Gasteiger partial charge in [-0.15, -0.1) is 34.0 Å². The van der Waals surface area contributed by atoms with Crippen LogP contribution in [0.2, 0.25) is 0 Å². The van der Waals surface area contributed by atoms with E-state index in [0.29, 0.717) is 5.92 Å². The van der Waals surface area contributed by atoms with E-state index in [-0.39, 0.29) is 0 Å². The van der Waals surface area contributed by atoms with Gasteiger partial charge in [0.2, 0.25) is 0 Å². The van der Waals surface area contributed by atoms with Gasteiger partial charge < -0.3 is 0 Å². The minimum absolute atomic E-state index is 0.614. The van der Waals surface area contributed by atoms with Gasteiger partial charge in [-0.3, -0.25) is 4.79 Å². The summed E-state index contributed by atoms with van der Waals surface area (Å²) in [5, 5.41) is 2.23. The van der Waals surface area contributed by atoms with E-state index in [1.807, 2.05) is 28.7 Å². The summed E-state index contributed by atoms with van der Waals surface area (Å²) in [6, 6.07) is 8.77. The van der Waals surface area contributed by atoms with Crippen molar-refractivity contribution < 1.29 is 4.79 Å². The van der Waals surface area contributed by atoms with Crippen LogP contribution in [0.5, 0.6) is 0 Å². The lowest BCUT2D eigenvalue weighted by Gasteiger charge is -2.12. The normalized spacial score (nSPS) is 12.4. The largest absolute Gasteiger partial charge is 0.297 e. The first-order chi connectivity index (χ1) is 13.1. The number of thiophene rings is 3. The first-order valence-electron chi connectivity index (χ1n) is 9.87. The lowest BCUT2D eigenvalue weighted by molar-refractivity contribution is 0.112. The summed E-state index contributed by atoms with van der Waals surface area (Å²) in [5.41, 5.74) is 2.70. The predicted octanol–water partition coefficient (Wildman–Crippen LogP) is 8.79. The van der Waals surface area contributed by atoms with Gasteiger partial charge in [0.25, 0.3) is 0 Å². The van der Waals surface area contributed by atoms with Crippen LogP contribution in [0.25, 0.3) is 19.5 Å². The van der Waals surface area contributed by atoms with Gasteiger partial charge in [0.15, 0.2) is 6.29 Å². The zero-order chi connectivity index (χ0) is 19.2. The lowest BCUT2D eigenvalue weighted by Crippen LogP contribution is -1.93. The highest BCUT2D eigenvalue weighted by Crippen LogP contribution is 2.44. The van der Waals surface area contributed by atoms with Crippen LogP contribution in [0, 0.1) is 6.92 Å². The maximum Gasteiger partial charge on any atom is 0.160 e. The second-order valence-electron chi connectivity index (χ2n) is 7.25. The molecule has 1 unspecified atom stereocenters. The highest BCUT2D eigenvalue weighted by Gasteiger charge is 2.17. The second kappa shape index (κ2) is 9.81. The van der Waals surface area contributed by atoms with Crippen molar-refractivity contribution in [2.24, 2.45) is 0 Å². The Morgan fingerprint density at radius 1 is 1.00 bits per heavy atom. The molecule has 0 saturated heterocycles. The first kappa shape index (κ1) is 20.5. The number of unbranched alkanes of at least 4 members (excludes halogenated alkanes) is 4. The molecule has 0 aliphatic rings. The third-order valence-corrected chi connectivity index (χ3v) is 8.61. The molecule has 0 aromatic carbocycles. The Bertz CT molecular complexity index is 868. The third-order valence-electron chi connectivity index (χ3n) is 5.07. The van der Waals surface area contributed by atoms with E-state index >= 15 is 0 Å². The lowest BCUT2D eigenvalue weighted by atomic mass is 9.95. The van der Waals surface area contributed by atoms with Crippen LogP contribution in [0.15, 0.2) is 29.6 Å². The summed E-state index contributed by atoms with van der Waals surface area (Å²) < 4.78 is 0. The molecule has 0 radical (unpaired) electrons. The van der Waals surface area contributed by atoms with E-state index in [9.17, 15) is 4.79 Å². The Kier molecular flexibility index (Phi) is 7.45. The molecule has 0 aliphatic heterocycles. The van der Waals surface area contributed by atoms with Crippen molar-refractivity contribution >= 4 is 40.3 Å². The Morgan fingerprint density at radius 2 is 1.74 bits per heavy atom. The van der Waals surface area contributed by atoms with Gasteiger partial charge in [-0.2, -0.15) is 0 Å². The van der Waals surface area contributed by atoms with Gasteiger partial charge in [0.05, 0.1) is 4.88 Å². The fourth-order valence-corrected chi connectivity index (χ4v) is 6.85. The molecule has 0 spiro atoms. The third kappa shape index (κ3) is 4.98. The van der Waals surface area contributed by atoms with E-state index in [2.05, 4.69) is 44.4 Å². The van der Waals surface area contributed by atoms with Gasteiger partial charge in [-0.25, -0.2) is 0 Å². The smallest absolute Gasteiger partial charge is 0.160 e. The number of aldehydes is 1. The Morgan fingerprint density at radius 3 is 2.44 bits per heavy atom. The van der Waals surface area contributed by atoms with E-state index in [1.165, 1.54) is 69.2 Å². The standard InChI is InChI=1S/C23H28OS3/c1-4-5-6-7-8-9-16(2)19-12-13-25-23(19)21-11-10-20(27-21)22-17(3)14-18(15-24)26-22/h10-16H,4-9H2,1-3H3. The van der Waals surface area contributed by atoms with Gasteiger partial charge in [-0.05, 0) is 60.0 Å². The molecule has 0 saturated carbocycles. The monoisotopic (exact) mass is 416 g/mol. The molecule has 0 N–H and O–H groups in total. The molecule has 0 amide bonds. The summed E-state index contributed by atoms with van der Waals surface area (Å²) >= 11 is 5.31. The van der Waals surface area contributed by atoms with Crippen molar-refractivity contribution in [3.63, 3.8) is 0 Å². The van der Waals surface area contributed by atoms with Crippen molar-refractivity contribution in [1.82, 2.24) is 0 Å². The van der Waals surface area contributed by atoms with E-state index in [0.717, 1.165) is 11.2 Å². The Balaban J connectivity index is 1.73. The number of rotatable bonds is 10. The zero-order valence-corrected chi connectivity index (χ0v) is 18.9. The molecular formula is C23H28OS3. The highest BCUT2D eigenvalue weighted by molar-refractivity contribution is 7.26. The quantitative estimate of drug-likeness (QED) is 0.238. The summed E-state index contributed by atoms with van der Waals surface area (Å²) in [6.07, 6.45) is 8.96. The van der Waals surface area contributed by atoms with Crippen LogP contribution in [-0.4, -0.2) is 6.29 Å². The molecule has 27 heavy (non-hydrogen) atoms. The van der Waals surface area contributed by atoms with Crippen LogP contribution < -0.4 is 0 Å². The molecule has 3 rings (SSSR count). The average Bonchev–Trinajstić information content (AvgIpc) is 3.39. The fourth-order valence-electron chi connectivity index (χ4n) is 3.51. The van der Waals surface area contributed by atoms with Crippen LogP contribution >= 0.6 is 34.0 Å². The van der Waals surface area contributed by atoms with Crippen molar-refractivity contribution in [2.45, 2.75) is 65.2 Å². The van der Waals surface area contributed by atoms with Crippen molar-refractivity contribution in [2.75, 3.05) is 0 Å². The van der Waals surface area contributed by atoms with E-state index in [1.54, 1.807) is 11.3 Å². The highest BCUT2D eigenvalue weighted by atomic mass is 32.1. The molecule has 3 aromatic rings. The van der Waals surface area contributed by atoms with Gasteiger partial charge in [0.1, 0.15) is 0 Å². The molecular weight excluding hydrogens is 388 g/mol. The fraction of sp³-hybridized carbons (Fsp3) is 0.435. The SMILES string of the molecule is CCCCCCCC(C)c1ccsc1-c1ccc(-c2sc(C=O)cc2C)s1.